The van der Waals surface area contributed by atoms with Gasteiger partial charge in [0.15, 0.2) is 0 Å². The molecule has 3 rings (SSSR count). The Bertz CT molecular complexity index is 632. The number of benzene rings is 1. The number of hydrogen-bond donors (Lipinski definition) is 1. The van der Waals surface area contributed by atoms with Crippen molar-refractivity contribution < 1.29 is 5.11 Å². The second-order valence-corrected chi connectivity index (χ2v) is 3.37. The van der Waals surface area contributed by atoms with Crippen LogP contribution in [0, 0.1) is 6.07 Å². The monoisotopic (exact) mass is 210 g/mol. The lowest BCUT2D eigenvalue weighted by Gasteiger charge is -2.04. The average molecular weight is 210 g/mol. The first kappa shape index (κ1) is 8.91. The molecule has 0 spiro atoms. The van der Waals surface area contributed by atoms with Gasteiger partial charge < -0.3 is 5.11 Å². The fourth-order valence-electron chi connectivity index (χ4n) is 1.57. The molecule has 0 aliphatic heterocycles. The summed E-state index contributed by atoms with van der Waals surface area (Å²) in [5.74, 6) is 0.406. The van der Waals surface area contributed by atoms with Gasteiger partial charge in [-0.05, 0) is 24.3 Å². The highest BCUT2D eigenvalue weighted by atomic mass is 16.3. The molecule has 0 aliphatic carbocycles. The molecule has 2 heterocycles. The molecular weight excluding hydrogens is 202 g/mol. The van der Waals surface area contributed by atoms with E-state index >= 15 is 0 Å². The fourth-order valence-corrected chi connectivity index (χ4v) is 1.57. The van der Waals surface area contributed by atoms with Gasteiger partial charge >= 0.3 is 0 Å². The minimum atomic E-state index is -0.0469. The van der Waals surface area contributed by atoms with E-state index in [1.54, 1.807) is 10.6 Å². The van der Waals surface area contributed by atoms with Crippen LogP contribution >= 0.6 is 0 Å². The molecule has 2 aromatic heterocycles. The molecule has 4 nitrogen and oxygen atoms in total. The van der Waals surface area contributed by atoms with Crippen molar-refractivity contribution in [2.45, 2.75) is 0 Å². The average Bonchev–Trinajstić information content (AvgIpc) is 2.82. The highest BCUT2D eigenvalue weighted by Gasteiger charge is 2.06. The summed E-state index contributed by atoms with van der Waals surface area (Å²) in [6, 6.07) is 12.0. The summed E-state index contributed by atoms with van der Waals surface area (Å²) in [5.41, 5.74) is 0.679. The first-order chi connectivity index (χ1) is 7.84. The van der Waals surface area contributed by atoms with Crippen molar-refractivity contribution in [1.29, 1.82) is 0 Å². The van der Waals surface area contributed by atoms with Crippen LogP contribution < -0.4 is 0 Å². The van der Waals surface area contributed by atoms with Gasteiger partial charge in [0, 0.05) is 12.4 Å². The molecule has 0 atom stereocenters. The van der Waals surface area contributed by atoms with E-state index in [0.29, 0.717) is 16.9 Å². The highest BCUT2D eigenvalue weighted by Crippen LogP contribution is 2.21. The third-order valence-electron chi connectivity index (χ3n) is 2.32. The van der Waals surface area contributed by atoms with Crippen LogP contribution in [0.1, 0.15) is 0 Å². The third kappa shape index (κ3) is 1.32. The van der Waals surface area contributed by atoms with Crippen LogP contribution in [0.15, 0.2) is 42.7 Å². The van der Waals surface area contributed by atoms with Gasteiger partial charge in [-0.1, -0.05) is 12.1 Å². The van der Waals surface area contributed by atoms with Crippen molar-refractivity contribution >= 4 is 10.9 Å². The molecule has 1 N–H and O–H groups in total. The maximum Gasteiger partial charge on any atom is 0.237 e. The predicted molar refractivity (Wildman–Crippen MR) is 59.4 cm³/mol. The number of rotatable bonds is 1. The Balaban J connectivity index is 2.29. The zero-order chi connectivity index (χ0) is 11.0. The van der Waals surface area contributed by atoms with Crippen LogP contribution in [0.4, 0.5) is 0 Å². The third-order valence-corrected chi connectivity index (χ3v) is 2.32. The summed E-state index contributed by atoms with van der Waals surface area (Å²) < 4.78 is 1.74. The van der Waals surface area contributed by atoms with Crippen LogP contribution in [0.5, 0.6) is 5.88 Å². The Kier molecular flexibility index (Phi) is 1.86. The maximum atomic E-state index is 9.76. The molecule has 0 bridgehead atoms. The number of aromatic hydroxyl groups is 1. The van der Waals surface area contributed by atoms with Gasteiger partial charge in [-0.2, -0.15) is 4.98 Å². The molecule has 0 saturated heterocycles. The van der Waals surface area contributed by atoms with E-state index in [0.717, 1.165) is 0 Å². The number of aromatic nitrogens is 3. The van der Waals surface area contributed by atoms with E-state index in [9.17, 15) is 5.11 Å². The van der Waals surface area contributed by atoms with Crippen molar-refractivity contribution in [2.24, 2.45) is 0 Å². The summed E-state index contributed by atoms with van der Waals surface area (Å²) in [6.07, 6.45) is 3.65. The van der Waals surface area contributed by atoms with E-state index in [-0.39, 0.29) is 5.88 Å². The molecule has 0 saturated carbocycles. The topological polar surface area (TPSA) is 50.9 Å². The summed E-state index contributed by atoms with van der Waals surface area (Å²) in [7, 11) is 0. The van der Waals surface area contributed by atoms with Gasteiger partial charge in [0.2, 0.25) is 11.8 Å². The molecule has 1 radical (unpaired) electrons. The quantitative estimate of drug-likeness (QED) is 0.667. The van der Waals surface area contributed by atoms with Crippen LogP contribution in [0.2, 0.25) is 0 Å². The van der Waals surface area contributed by atoms with Crippen LogP contribution in [0.25, 0.3) is 16.9 Å². The molecule has 3 aromatic rings. The van der Waals surface area contributed by atoms with E-state index in [1.807, 2.05) is 36.7 Å². The Morgan fingerprint density at radius 1 is 1.12 bits per heavy atom. The van der Waals surface area contributed by atoms with Crippen LogP contribution in [-0.2, 0) is 0 Å². The van der Waals surface area contributed by atoms with E-state index in [4.69, 9.17) is 0 Å². The summed E-state index contributed by atoms with van der Waals surface area (Å²) in [5, 5.41) is 10.3. The van der Waals surface area contributed by atoms with Gasteiger partial charge in [0.05, 0.1) is 10.9 Å². The minimum absolute atomic E-state index is 0.0469. The van der Waals surface area contributed by atoms with E-state index in [2.05, 4.69) is 16.0 Å². The van der Waals surface area contributed by atoms with Gasteiger partial charge in [-0.3, -0.25) is 4.57 Å². The molecular formula is C12H8N3O. The van der Waals surface area contributed by atoms with Gasteiger partial charge in [0.1, 0.15) is 0 Å². The van der Waals surface area contributed by atoms with Gasteiger partial charge in [-0.25, -0.2) is 4.98 Å². The van der Waals surface area contributed by atoms with Gasteiger partial charge in [0.25, 0.3) is 0 Å². The molecule has 16 heavy (non-hydrogen) atoms. The van der Waals surface area contributed by atoms with Crippen molar-refractivity contribution in [3.63, 3.8) is 0 Å². The summed E-state index contributed by atoms with van der Waals surface area (Å²) >= 11 is 0. The van der Waals surface area contributed by atoms with E-state index in [1.165, 1.54) is 0 Å². The molecule has 77 valence electrons. The standard InChI is InChI=1S/C12H8N3O/c16-11-9-5-1-2-6-10(9)13-12(14-11)15-7-3-4-8-15/h1-4,6-8H,(H,13,14,16). The lowest BCUT2D eigenvalue weighted by atomic mass is 10.2. The highest BCUT2D eigenvalue weighted by molar-refractivity contribution is 5.82. The van der Waals surface area contributed by atoms with Crippen molar-refractivity contribution in [1.82, 2.24) is 14.5 Å². The first-order valence-electron chi connectivity index (χ1n) is 4.85. The largest absolute Gasteiger partial charge is 0.493 e. The molecule has 0 unspecified atom stereocenters. The minimum Gasteiger partial charge on any atom is -0.493 e. The van der Waals surface area contributed by atoms with Crippen LogP contribution in [-0.4, -0.2) is 19.6 Å². The summed E-state index contributed by atoms with van der Waals surface area (Å²) in [4.78, 5) is 8.36. The Hall–Kier alpha value is -2.36. The lowest BCUT2D eigenvalue weighted by molar-refractivity contribution is 0.458. The molecule has 0 fully saturated rings. The van der Waals surface area contributed by atoms with Crippen molar-refractivity contribution in [2.75, 3.05) is 0 Å². The second kappa shape index (κ2) is 3.34. The van der Waals surface area contributed by atoms with Crippen molar-refractivity contribution in [3.05, 3.63) is 48.8 Å². The number of hydrogen-bond acceptors (Lipinski definition) is 3. The SMILES string of the molecule is Oc1nc(-n2cccc2)nc2ccc[c]c12. The van der Waals surface area contributed by atoms with Crippen molar-refractivity contribution in [3.8, 4) is 11.8 Å². The smallest absolute Gasteiger partial charge is 0.237 e. The van der Waals surface area contributed by atoms with Crippen LogP contribution in [0.3, 0.4) is 0 Å². The Morgan fingerprint density at radius 2 is 1.94 bits per heavy atom. The lowest BCUT2D eigenvalue weighted by Crippen LogP contribution is -1.98. The maximum absolute atomic E-state index is 9.76. The van der Waals surface area contributed by atoms with Gasteiger partial charge in [-0.15, -0.1) is 0 Å². The zero-order valence-corrected chi connectivity index (χ0v) is 8.33. The number of nitrogens with zero attached hydrogens (tertiary/aromatic N) is 3. The zero-order valence-electron chi connectivity index (χ0n) is 8.33. The summed E-state index contributed by atoms with van der Waals surface area (Å²) in [6.45, 7) is 0. The molecule has 1 aromatic carbocycles. The molecule has 0 aliphatic rings. The molecule has 0 amide bonds. The Labute approximate surface area is 91.8 Å². The fraction of sp³-hybridized carbons (Fsp3) is 0. The Morgan fingerprint density at radius 3 is 2.75 bits per heavy atom. The first-order valence-corrected chi connectivity index (χ1v) is 4.85. The second-order valence-electron chi connectivity index (χ2n) is 3.37. The van der Waals surface area contributed by atoms with E-state index < -0.39 is 0 Å². The predicted octanol–water partition coefficient (Wildman–Crippen LogP) is 1.93. The number of fused-ring (bicyclic) bond motifs is 1. The molecule has 4 heteroatoms. The normalized spacial score (nSPS) is 10.8.